The molecule has 0 fully saturated rings. The van der Waals surface area contributed by atoms with Crippen LogP contribution in [0.4, 0.5) is 10.3 Å². The molecule has 2 aromatic rings. The lowest BCUT2D eigenvalue weighted by atomic mass is 10.3. The van der Waals surface area contributed by atoms with Crippen LogP contribution in [0, 0.1) is 5.82 Å². The number of aromatic amines is 1. The molecule has 104 valence electrons. The maximum absolute atomic E-state index is 13.0. The molecule has 2 rings (SSSR count). The molecule has 0 amide bonds. The molecule has 0 unspecified atom stereocenters. The molecule has 0 radical (unpaired) electrons. The molecule has 0 spiro atoms. The van der Waals surface area contributed by atoms with E-state index in [0.29, 0.717) is 36.5 Å². The van der Waals surface area contributed by atoms with Crippen LogP contribution < -0.4 is 10.0 Å². The molecule has 0 bridgehead atoms. The predicted octanol–water partition coefficient (Wildman–Crippen LogP) is 1.05. The van der Waals surface area contributed by atoms with Crippen molar-refractivity contribution in [3.8, 4) is 0 Å². The van der Waals surface area contributed by atoms with Crippen molar-refractivity contribution in [3.63, 3.8) is 0 Å². The third kappa shape index (κ3) is 4.18. The summed E-state index contributed by atoms with van der Waals surface area (Å²) in [6, 6.07) is 4.32. The molecule has 3 N–H and O–H groups in total. The van der Waals surface area contributed by atoms with Crippen molar-refractivity contribution in [2.75, 3.05) is 24.7 Å². The minimum atomic E-state index is -3.14. The van der Waals surface area contributed by atoms with Crippen LogP contribution in [0.15, 0.2) is 18.2 Å². The average Bonchev–Trinajstić information content (AvgIpc) is 2.68. The monoisotopic (exact) mass is 286 g/mol. The zero-order chi connectivity index (χ0) is 13.9. The van der Waals surface area contributed by atoms with Gasteiger partial charge in [-0.05, 0) is 24.6 Å². The number of fused-ring (bicyclic) bond motifs is 1. The van der Waals surface area contributed by atoms with Gasteiger partial charge in [-0.1, -0.05) is 0 Å². The maximum atomic E-state index is 13.0. The van der Waals surface area contributed by atoms with E-state index in [1.165, 1.54) is 12.1 Å². The van der Waals surface area contributed by atoms with Gasteiger partial charge in [-0.3, -0.25) is 0 Å². The van der Waals surface area contributed by atoms with Crippen LogP contribution in [-0.4, -0.2) is 37.7 Å². The lowest BCUT2D eigenvalue weighted by Gasteiger charge is -2.03. The number of rotatable bonds is 6. The molecule has 8 heteroatoms. The summed E-state index contributed by atoms with van der Waals surface area (Å²) in [6.07, 6.45) is 1.74. The van der Waals surface area contributed by atoms with E-state index in [1.807, 2.05) is 0 Å². The zero-order valence-electron chi connectivity index (χ0n) is 10.4. The number of imidazole rings is 1. The molecule has 0 saturated heterocycles. The van der Waals surface area contributed by atoms with Crippen molar-refractivity contribution in [1.29, 1.82) is 0 Å². The predicted molar refractivity (Wildman–Crippen MR) is 72.0 cm³/mol. The van der Waals surface area contributed by atoms with Crippen molar-refractivity contribution >= 4 is 27.0 Å². The fraction of sp³-hybridized carbons (Fsp3) is 0.364. The minimum absolute atomic E-state index is 0.319. The quantitative estimate of drug-likeness (QED) is 0.693. The smallest absolute Gasteiger partial charge is 0.208 e. The Hall–Kier alpha value is -1.67. The first-order chi connectivity index (χ1) is 8.94. The van der Waals surface area contributed by atoms with Gasteiger partial charge >= 0.3 is 0 Å². The summed E-state index contributed by atoms with van der Waals surface area (Å²) in [5.41, 5.74) is 1.30. The van der Waals surface area contributed by atoms with Crippen LogP contribution in [0.25, 0.3) is 11.0 Å². The van der Waals surface area contributed by atoms with Gasteiger partial charge in [0.15, 0.2) is 0 Å². The Morgan fingerprint density at radius 1 is 1.37 bits per heavy atom. The van der Waals surface area contributed by atoms with Gasteiger partial charge in [0, 0.05) is 13.1 Å². The van der Waals surface area contributed by atoms with Gasteiger partial charge in [0.25, 0.3) is 0 Å². The van der Waals surface area contributed by atoms with Gasteiger partial charge in [0.05, 0.1) is 17.3 Å². The number of nitrogens with one attached hydrogen (secondary N) is 3. The molecule has 1 aromatic carbocycles. The van der Waals surface area contributed by atoms with Crippen molar-refractivity contribution in [3.05, 3.63) is 24.0 Å². The number of hydrogen-bond acceptors (Lipinski definition) is 4. The molecule has 6 nitrogen and oxygen atoms in total. The normalized spacial score (nSPS) is 11.9. The Labute approximate surface area is 110 Å². The molecule has 0 atom stereocenters. The van der Waals surface area contributed by atoms with Crippen LogP contribution in [0.5, 0.6) is 0 Å². The SMILES string of the molecule is CS(=O)(=O)NCCCNc1nc2ccc(F)cc2[nH]1. The summed E-state index contributed by atoms with van der Waals surface area (Å²) in [6.45, 7) is 0.922. The van der Waals surface area contributed by atoms with E-state index in [4.69, 9.17) is 0 Å². The highest BCUT2D eigenvalue weighted by atomic mass is 32.2. The number of halogens is 1. The van der Waals surface area contributed by atoms with Gasteiger partial charge in [-0.2, -0.15) is 0 Å². The van der Waals surface area contributed by atoms with Gasteiger partial charge in [-0.25, -0.2) is 22.5 Å². The van der Waals surface area contributed by atoms with E-state index in [9.17, 15) is 12.8 Å². The van der Waals surface area contributed by atoms with Crippen LogP contribution in [0.2, 0.25) is 0 Å². The van der Waals surface area contributed by atoms with Crippen molar-refractivity contribution in [2.24, 2.45) is 0 Å². The number of benzene rings is 1. The van der Waals surface area contributed by atoms with Crippen molar-refractivity contribution in [2.45, 2.75) is 6.42 Å². The third-order valence-electron chi connectivity index (χ3n) is 2.45. The van der Waals surface area contributed by atoms with E-state index in [1.54, 1.807) is 6.07 Å². The summed E-state index contributed by atoms with van der Waals surface area (Å²) < 4.78 is 37.0. The second-order valence-corrected chi connectivity index (χ2v) is 6.03. The molecular weight excluding hydrogens is 271 g/mol. The second-order valence-electron chi connectivity index (χ2n) is 4.19. The first-order valence-corrected chi connectivity index (χ1v) is 7.67. The summed E-state index contributed by atoms with van der Waals surface area (Å²) in [5.74, 6) is 0.222. The third-order valence-corrected chi connectivity index (χ3v) is 3.18. The Kier molecular flexibility index (Phi) is 4.01. The largest absolute Gasteiger partial charge is 0.356 e. The van der Waals surface area contributed by atoms with Crippen LogP contribution in [-0.2, 0) is 10.0 Å². The zero-order valence-corrected chi connectivity index (χ0v) is 11.2. The van der Waals surface area contributed by atoms with E-state index >= 15 is 0 Å². The summed E-state index contributed by atoms with van der Waals surface area (Å²) in [5, 5.41) is 3.02. The lowest BCUT2D eigenvalue weighted by molar-refractivity contribution is 0.586. The number of sulfonamides is 1. The van der Waals surface area contributed by atoms with Gasteiger partial charge in [0.2, 0.25) is 16.0 Å². The molecule has 0 saturated carbocycles. The van der Waals surface area contributed by atoms with Crippen LogP contribution in [0.3, 0.4) is 0 Å². The highest BCUT2D eigenvalue weighted by Gasteiger charge is 2.03. The van der Waals surface area contributed by atoms with E-state index < -0.39 is 10.0 Å². The van der Waals surface area contributed by atoms with Crippen LogP contribution >= 0.6 is 0 Å². The number of hydrogen-bond donors (Lipinski definition) is 3. The summed E-state index contributed by atoms with van der Waals surface area (Å²) in [4.78, 5) is 7.17. The molecule has 0 aliphatic rings. The number of nitrogens with zero attached hydrogens (tertiary/aromatic N) is 1. The highest BCUT2D eigenvalue weighted by molar-refractivity contribution is 7.88. The van der Waals surface area contributed by atoms with E-state index in [2.05, 4.69) is 20.0 Å². The number of aromatic nitrogens is 2. The fourth-order valence-electron chi connectivity index (χ4n) is 1.62. The number of H-pyrrole nitrogens is 1. The van der Waals surface area contributed by atoms with Gasteiger partial charge < -0.3 is 10.3 Å². The standard InChI is InChI=1S/C11H15FN4O2S/c1-19(17,18)14-6-2-5-13-11-15-9-4-3-8(12)7-10(9)16-11/h3-4,7,14H,2,5-6H2,1H3,(H2,13,15,16). The molecule has 19 heavy (non-hydrogen) atoms. The van der Waals surface area contributed by atoms with Crippen molar-refractivity contribution < 1.29 is 12.8 Å². The highest BCUT2D eigenvalue weighted by Crippen LogP contribution is 2.15. The maximum Gasteiger partial charge on any atom is 0.208 e. The molecule has 1 heterocycles. The second kappa shape index (κ2) is 5.54. The minimum Gasteiger partial charge on any atom is -0.356 e. The Morgan fingerprint density at radius 2 is 2.16 bits per heavy atom. The Bertz CT molecular complexity index is 668. The van der Waals surface area contributed by atoms with Crippen molar-refractivity contribution in [1.82, 2.24) is 14.7 Å². The Balaban J connectivity index is 1.85. The molecule has 0 aliphatic heterocycles. The average molecular weight is 286 g/mol. The number of anilines is 1. The topological polar surface area (TPSA) is 86.9 Å². The summed E-state index contributed by atoms with van der Waals surface area (Å²) >= 11 is 0. The first kappa shape index (κ1) is 13.8. The summed E-state index contributed by atoms with van der Waals surface area (Å²) in [7, 11) is -3.14. The van der Waals surface area contributed by atoms with Gasteiger partial charge in [-0.15, -0.1) is 0 Å². The fourth-order valence-corrected chi connectivity index (χ4v) is 2.13. The molecule has 0 aliphatic carbocycles. The van der Waals surface area contributed by atoms with Crippen LogP contribution in [0.1, 0.15) is 6.42 Å². The van der Waals surface area contributed by atoms with E-state index in [-0.39, 0.29) is 5.82 Å². The lowest BCUT2D eigenvalue weighted by Crippen LogP contribution is -2.24. The molecule has 1 aromatic heterocycles. The molecular formula is C11H15FN4O2S. The van der Waals surface area contributed by atoms with Gasteiger partial charge in [0.1, 0.15) is 5.82 Å². The Morgan fingerprint density at radius 3 is 2.89 bits per heavy atom. The van der Waals surface area contributed by atoms with E-state index in [0.717, 1.165) is 6.26 Å². The first-order valence-electron chi connectivity index (χ1n) is 5.78.